The lowest BCUT2D eigenvalue weighted by molar-refractivity contribution is 0.811. The summed E-state index contributed by atoms with van der Waals surface area (Å²) in [6.07, 6.45) is 0. The highest BCUT2D eigenvalue weighted by Crippen LogP contribution is 2.12. The van der Waals surface area contributed by atoms with Crippen LogP contribution in [0.15, 0.2) is 14.6 Å². The van der Waals surface area contributed by atoms with Crippen molar-refractivity contribution >= 4 is 23.4 Å². The molecule has 1 rings (SSSR count). The van der Waals surface area contributed by atoms with Gasteiger partial charge in [-0.2, -0.15) is 0 Å². The number of H-pyrrole nitrogens is 1. The van der Waals surface area contributed by atoms with Crippen molar-refractivity contribution in [1.82, 2.24) is 9.55 Å². The van der Waals surface area contributed by atoms with Gasteiger partial charge in [0.05, 0.1) is 0 Å². The maximum atomic E-state index is 11.2. The normalized spacial score (nSPS) is 11.5. The molecule has 15 heavy (non-hydrogen) atoms. The maximum Gasteiger partial charge on any atom is 0.329 e. The van der Waals surface area contributed by atoms with E-state index >= 15 is 0 Å². The lowest BCUT2D eigenvalue weighted by Gasteiger charge is -2.10. The molecule has 0 saturated heterocycles. The fraction of sp³-hybridized carbons (Fsp3) is 0.286. The van der Waals surface area contributed by atoms with E-state index in [0.29, 0.717) is 0 Å². The van der Waals surface area contributed by atoms with E-state index in [0.717, 1.165) is 4.57 Å². The number of rotatable bonds is 1. The Labute approximate surface area is 89.6 Å². The first-order chi connectivity index (χ1) is 6.97. The predicted octanol–water partition coefficient (Wildman–Crippen LogP) is -0.917. The molecule has 1 heterocycles. The molecule has 7 nitrogen and oxygen atoms in total. The molecule has 4 N–H and O–H groups in total. The van der Waals surface area contributed by atoms with E-state index in [1.165, 1.54) is 14.1 Å². The van der Waals surface area contributed by atoms with Crippen LogP contribution in [0.3, 0.4) is 0 Å². The highest BCUT2D eigenvalue weighted by molar-refractivity contribution is 6.33. The van der Waals surface area contributed by atoms with Crippen LogP contribution in [0.25, 0.3) is 0 Å². The van der Waals surface area contributed by atoms with Crippen molar-refractivity contribution in [1.29, 1.82) is 0 Å². The molecule has 0 aliphatic heterocycles. The number of hydrogen-bond acceptors (Lipinski definition) is 3. The van der Waals surface area contributed by atoms with Crippen molar-refractivity contribution in [3.8, 4) is 0 Å². The van der Waals surface area contributed by atoms with Crippen LogP contribution in [0.5, 0.6) is 0 Å². The molecule has 0 spiro atoms. The molecule has 0 aliphatic carbocycles. The van der Waals surface area contributed by atoms with Crippen LogP contribution in [0.1, 0.15) is 0 Å². The third-order valence-electron chi connectivity index (χ3n) is 1.76. The molecule has 0 saturated carbocycles. The summed E-state index contributed by atoms with van der Waals surface area (Å²) in [5, 5.41) is 2.40. The van der Waals surface area contributed by atoms with Gasteiger partial charge in [0.2, 0.25) is 0 Å². The summed E-state index contributed by atoms with van der Waals surface area (Å²) in [6.45, 7) is 0. The minimum absolute atomic E-state index is 0.0532. The zero-order valence-corrected chi connectivity index (χ0v) is 8.92. The van der Waals surface area contributed by atoms with Crippen molar-refractivity contribution in [3.63, 3.8) is 0 Å². The van der Waals surface area contributed by atoms with Crippen LogP contribution in [0, 0.1) is 0 Å². The fourth-order valence-electron chi connectivity index (χ4n) is 0.908. The molecular formula is C7H10ClN5O2. The van der Waals surface area contributed by atoms with Crippen LogP contribution >= 0.6 is 11.6 Å². The Morgan fingerprint density at radius 3 is 2.73 bits per heavy atom. The standard InChI is InChI=1S/C7H10ClN5O2/c1-10-6(9)11-4-3(8)5(14)12-7(15)13(4)2/h1-2H3,(H3,9,10,11)(H,12,14,15). The smallest absolute Gasteiger partial charge is 0.329 e. The molecule has 0 radical (unpaired) electrons. The predicted molar refractivity (Wildman–Crippen MR) is 58.5 cm³/mol. The van der Waals surface area contributed by atoms with Gasteiger partial charge >= 0.3 is 5.69 Å². The summed E-state index contributed by atoms with van der Waals surface area (Å²) in [7, 11) is 2.90. The number of nitrogens with zero attached hydrogens (tertiary/aromatic N) is 2. The maximum absolute atomic E-state index is 11.2. The second kappa shape index (κ2) is 4.18. The van der Waals surface area contributed by atoms with Gasteiger partial charge in [-0.05, 0) is 0 Å². The van der Waals surface area contributed by atoms with Gasteiger partial charge in [-0.1, -0.05) is 11.6 Å². The van der Waals surface area contributed by atoms with Crippen LogP contribution in [0.4, 0.5) is 5.82 Å². The third-order valence-corrected chi connectivity index (χ3v) is 2.11. The first-order valence-electron chi connectivity index (χ1n) is 3.95. The molecule has 1 aromatic heterocycles. The second-order valence-electron chi connectivity index (χ2n) is 2.71. The number of aliphatic imine (C=N–C) groups is 1. The Hall–Kier alpha value is -1.76. The van der Waals surface area contributed by atoms with Gasteiger partial charge in [0.25, 0.3) is 5.56 Å². The minimum Gasteiger partial charge on any atom is -0.370 e. The highest BCUT2D eigenvalue weighted by atomic mass is 35.5. The average Bonchev–Trinajstić information content (AvgIpc) is 2.21. The zero-order valence-electron chi connectivity index (χ0n) is 8.17. The number of nitrogens with one attached hydrogen (secondary N) is 2. The number of anilines is 1. The zero-order chi connectivity index (χ0) is 11.6. The lowest BCUT2D eigenvalue weighted by Crippen LogP contribution is -2.34. The van der Waals surface area contributed by atoms with E-state index in [-0.39, 0.29) is 16.8 Å². The number of aromatic amines is 1. The highest BCUT2D eigenvalue weighted by Gasteiger charge is 2.10. The van der Waals surface area contributed by atoms with E-state index in [9.17, 15) is 9.59 Å². The molecule has 0 bridgehead atoms. The SMILES string of the molecule is CN=C(N)Nc1c(Cl)c(=O)[nH]c(=O)n1C. The van der Waals surface area contributed by atoms with Crippen LogP contribution in [0.2, 0.25) is 5.02 Å². The number of hydrogen-bond donors (Lipinski definition) is 3. The average molecular weight is 232 g/mol. The second-order valence-corrected chi connectivity index (χ2v) is 3.09. The van der Waals surface area contributed by atoms with Crippen LogP contribution < -0.4 is 22.3 Å². The largest absolute Gasteiger partial charge is 0.370 e. The number of guanidine groups is 1. The monoisotopic (exact) mass is 231 g/mol. The Balaban J connectivity index is 3.40. The first kappa shape index (κ1) is 11.3. The van der Waals surface area contributed by atoms with Gasteiger partial charge < -0.3 is 11.1 Å². The topological polar surface area (TPSA) is 105 Å². The van der Waals surface area contributed by atoms with Crippen LogP contribution in [-0.2, 0) is 7.05 Å². The molecule has 0 atom stereocenters. The van der Waals surface area contributed by atoms with E-state index < -0.39 is 11.2 Å². The Bertz CT molecular complexity index is 481. The minimum atomic E-state index is -0.675. The Morgan fingerprint density at radius 2 is 2.20 bits per heavy atom. The summed E-state index contributed by atoms with van der Waals surface area (Å²) in [5.74, 6) is 0.158. The molecule has 0 unspecified atom stereocenters. The number of aromatic nitrogens is 2. The fourth-order valence-corrected chi connectivity index (χ4v) is 1.13. The molecule has 0 aromatic carbocycles. The molecular weight excluding hydrogens is 222 g/mol. The van der Waals surface area contributed by atoms with Crippen molar-refractivity contribution < 1.29 is 0 Å². The van der Waals surface area contributed by atoms with Crippen molar-refractivity contribution in [2.45, 2.75) is 0 Å². The molecule has 0 aliphatic rings. The number of halogens is 1. The molecule has 1 aromatic rings. The summed E-state index contributed by atoms with van der Waals surface area (Å²) in [6, 6.07) is 0. The summed E-state index contributed by atoms with van der Waals surface area (Å²) in [5.41, 5.74) is 4.13. The summed E-state index contributed by atoms with van der Waals surface area (Å²) < 4.78 is 1.13. The number of nitrogens with two attached hydrogens (primary N) is 1. The van der Waals surface area contributed by atoms with E-state index in [2.05, 4.69) is 10.3 Å². The van der Waals surface area contributed by atoms with Crippen LogP contribution in [-0.4, -0.2) is 22.6 Å². The van der Waals surface area contributed by atoms with Gasteiger partial charge in [0.15, 0.2) is 5.96 Å². The third kappa shape index (κ3) is 2.18. The summed E-state index contributed by atoms with van der Waals surface area (Å²) in [4.78, 5) is 28.0. The van der Waals surface area contributed by atoms with Gasteiger partial charge in [-0.15, -0.1) is 0 Å². The molecule has 82 valence electrons. The molecule has 0 fully saturated rings. The van der Waals surface area contributed by atoms with Gasteiger partial charge in [0.1, 0.15) is 10.8 Å². The Morgan fingerprint density at radius 1 is 1.60 bits per heavy atom. The molecule has 8 heteroatoms. The lowest BCUT2D eigenvalue weighted by atomic mass is 10.5. The van der Waals surface area contributed by atoms with E-state index in [1.54, 1.807) is 0 Å². The van der Waals surface area contributed by atoms with Gasteiger partial charge in [-0.25, -0.2) is 4.79 Å². The van der Waals surface area contributed by atoms with Crippen molar-refractivity contribution in [3.05, 3.63) is 25.9 Å². The first-order valence-corrected chi connectivity index (χ1v) is 4.33. The van der Waals surface area contributed by atoms with Gasteiger partial charge in [0, 0.05) is 14.1 Å². The van der Waals surface area contributed by atoms with Crippen molar-refractivity contribution in [2.24, 2.45) is 17.8 Å². The van der Waals surface area contributed by atoms with Crippen molar-refractivity contribution in [2.75, 3.05) is 12.4 Å². The molecule has 0 amide bonds. The summed E-state index contributed by atoms with van der Waals surface area (Å²) >= 11 is 5.69. The van der Waals surface area contributed by atoms with E-state index in [1.807, 2.05) is 4.98 Å². The Kier molecular flexibility index (Phi) is 3.15. The van der Waals surface area contributed by atoms with E-state index in [4.69, 9.17) is 17.3 Å². The van der Waals surface area contributed by atoms with Gasteiger partial charge in [-0.3, -0.25) is 19.3 Å². The quantitative estimate of drug-likeness (QED) is 0.430.